The monoisotopic (exact) mass is 437 g/mol. The molecule has 1 unspecified atom stereocenters. The minimum Gasteiger partial charge on any atom is -0.497 e. The highest BCUT2D eigenvalue weighted by atomic mass is 16.5. The second kappa shape index (κ2) is 9.12. The molecule has 9 nitrogen and oxygen atoms in total. The van der Waals surface area contributed by atoms with Gasteiger partial charge in [-0.2, -0.15) is 4.98 Å². The van der Waals surface area contributed by atoms with E-state index in [9.17, 15) is 4.79 Å². The molecule has 2 aromatic heterocycles. The number of hydrogen-bond acceptors (Lipinski definition) is 8. The Balaban J connectivity index is 1.30. The number of benzene rings is 1. The maximum Gasteiger partial charge on any atom is 0.263 e. The summed E-state index contributed by atoms with van der Waals surface area (Å²) < 4.78 is 16.3. The van der Waals surface area contributed by atoms with Crippen LogP contribution in [0.3, 0.4) is 0 Å². The van der Waals surface area contributed by atoms with Crippen LogP contribution < -0.4 is 15.0 Å². The van der Waals surface area contributed by atoms with Crippen molar-refractivity contribution < 1.29 is 18.8 Å². The van der Waals surface area contributed by atoms with Crippen LogP contribution in [0.4, 0.5) is 5.82 Å². The first-order valence-corrected chi connectivity index (χ1v) is 11.1. The van der Waals surface area contributed by atoms with Crippen molar-refractivity contribution in [2.75, 3.05) is 38.3 Å². The molecule has 4 heterocycles. The van der Waals surface area contributed by atoms with Crippen molar-refractivity contribution >= 4 is 22.8 Å². The number of carbonyl (C=O) groups is 1. The molecule has 1 atom stereocenters. The second-order valence-corrected chi connectivity index (χ2v) is 8.28. The van der Waals surface area contributed by atoms with Gasteiger partial charge in [-0.05, 0) is 49.9 Å². The maximum absolute atomic E-state index is 12.6. The first-order valence-electron chi connectivity index (χ1n) is 11.1. The predicted octanol–water partition coefficient (Wildman–Crippen LogP) is 2.81. The third-order valence-electron chi connectivity index (χ3n) is 6.31. The fourth-order valence-electron chi connectivity index (χ4n) is 4.47. The Morgan fingerprint density at radius 2 is 2.00 bits per heavy atom. The summed E-state index contributed by atoms with van der Waals surface area (Å²) in [5.41, 5.74) is 2.07. The molecule has 1 N–H and O–H groups in total. The molecule has 0 spiro atoms. The summed E-state index contributed by atoms with van der Waals surface area (Å²) in [6.07, 6.45) is 5.31. The molecule has 2 saturated heterocycles. The van der Waals surface area contributed by atoms with Crippen LogP contribution in [0.15, 0.2) is 35.1 Å². The summed E-state index contributed by atoms with van der Waals surface area (Å²) in [4.78, 5) is 23.6. The fraction of sp³-hybridized carbons (Fsp3) is 0.478. The van der Waals surface area contributed by atoms with Crippen molar-refractivity contribution in [3.05, 3.63) is 30.6 Å². The van der Waals surface area contributed by atoms with Crippen LogP contribution in [0.1, 0.15) is 25.7 Å². The number of methoxy groups -OCH3 is 1. The number of anilines is 1. The van der Waals surface area contributed by atoms with Gasteiger partial charge in [-0.3, -0.25) is 4.79 Å². The molecule has 1 aromatic carbocycles. The largest absolute Gasteiger partial charge is 0.497 e. The lowest BCUT2D eigenvalue weighted by molar-refractivity contribution is -0.126. The number of nitrogens with zero attached hydrogens (tertiary/aromatic N) is 4. The van der Waals surface area contributed by atoms with E-state index in [1.165, 1.54) is 6.33 Å². The van der Waals surface area contributed by atoms with Gasteiger partial charge in [0.1, 0.15) is 29.0 Å². The van der Waals surface area contributed by atoms with Crippen LogP contribution in [-0.4, -0.2) is 60.5 Å². The number of hydrogen-bond donors (Lipinski definition) is 1. The van der Waals surface area contributed by atoms with Crippen LogP contribution in [0.5, 0.6) is 5.75 Å². The quantitative estimate of drug-likeness (QED) is 0.628. The number of aromatic nitrogens is 3. The number of carbonyl (C=O) groups excluding carboxylic acids is 1. The van der Waals surface area contributed by atoms with Crippen molar-refractivity contribution in [2.45, 2.75) is 31.8 Å². The third-order valence-corrected chi connectivity index (χ3v) is 6.31. The van der Waals surface area contributed by atoms with E-state index in [1.54, 1.807) is 7.11 Å². The highest BCUT2D eigenvalue weighted by Crippen LogP contribution is 2.35. The molecule has 2 fully saturated rings. The van der Waals surface area contributed by atoms with Gasteiger partial charge in [0.25, 0.3) is 5.71 Å². The molecule has 5 rings (SSSR count). The van der Waals surface area contributed by atoms with E-state index in [0.717, 1.165) is 67.9 Å². The molecule has 0 radical (unpaired) electrons. The number of amides is 1. The first kappa shape index (κ1) is 20.7. The van der Waals surface area contributed by atoms with E-state index in [2.05, 4.69) is 25.3 Å². The molecule has 0 bridgehead atoms. The normalized spacial score (nSPS) is 19.4. The predicted molar refractivity (Wildman–Crippen MR) is 119 cm³/mol. The Kier molecular flexibility index (Phi) is 5.89. The smallest absolute Gasteiger partial charge is 0.263 e. The molecule has 2 aliphatic rings. The van der Waals surface area contributed by atoms with Crippen LogP contribution in [0.2, 0.25) is 0 Å². The summed E-state index contributed by atoms with van der Waals surface area (Å²) >= 11 is 0. The Labute approximate surface area is 186 Å². The average molecular weight is 438 g/mol. The highest BCUT2D eigenvalue weighted by Gasteiger charge is 2.29. The Morgan fingerprint density at radius 1 is 1.19 bits per heavy atom. The highest BCUT2D eigenvalue weighted by molar-refractivity contribution is 5.98. The summed E-state index contributed by atoms with van der Waals surface area (Å²) in [6, 6.07) is 7.66. The number of fused-ring (bicyclic) bond motifs is 1. The molecule has 168 valence electrons. The molecular weight excluding hydrogens is 410 g/mol. The lowest BCUT2D eigenvalue weighted by Crippen LogP contribution is -2.42. The molecule has 1 amide bonds. The van der Waals surface area contributed by atoms with Crippen molar-refractivity contribution in [2.24, 2.45) is 5.92 Å². The van der Waals surface area contributed by atoms with Crippen LogP contribution in [0, 0.1) is 5.92 Å². The molecule has 0 aliphatic carbocycles. The zero-order valence-electron chi connectivity index (χ0n) is 18.1. The lowest BCUT2D eigenvalue weighted by Gasteiger charge is -2.32. The van der Waals surface area contributed by atoms with Gasteiger partial charge in [-0.25, -0.2) is 4.98 Å². The standard InChI is InChI=1S/C23H27N5O4/c1-30-17-6-4-15(5-7-17)20-19-21(25-14-26-23(19)32-27-20)28-10-8-16(9-11-28)22(29)24-13-18-3-2-12-31-18/h4-7,14,16,18H,2-3,8-13H2,1H3,(H,24,29). The molecule has 0 saturated carbocycles. The van der Waals surface area contributed by atoms with Gasteiger partial charge in [0.05, 0.1) is 13.2 Å². The van der Waals surface area contributed by atoms with Gasteiger partial charge in [0, 0.05) is 37.7 Å². The van der Waals surface area contributed by atoms with E-state index in [1.807, 2.05) is 24.3 Å². The lowest BCUT2D eigenvalue weighted by atomic mass is 9.95. The van der Waals surface area contributed by atoms with E-state index in [4.69, 9.17) is 14.0 Å². The van der Waals surface area contributed by atoms with E-state index in [-0.39, 0.29) is 17.9 Å². The Morgan fingerprint density at radius 3 is 2.72 bits per heavy atom. The number of nitrogens with one attached hydrogen (secondary N) is 1. The SMILES string of the molecule is COc1ccc(-c2noc3ncnc(N4CCC(C(=O)NCC5CCCO5)CC4)c23)cc1. The molecule has 9 heteroatoms. The van der Waals surface area contributed by atoms with Crippen LogP contribution in [0.25, 0.3) is 22.4 Å². The summed E-state index contributed by atoms with van der Waals surface area (Å²) in [5.74, 6) is 1.70. The zero-order chi connectivity index (χ0) is 21.9. The van der Waals surface area contributed by atoms with Crippen molar-refractivity contribution in [1.82, 2.24) is 20.4 Å². The number of piperidine rings is 1. The molecule has 32 heavy (non-hydrogen) atoms. The van der Waals surface area contributed by atoms with Crippen LogP contribution >= 0.6 is 0 Å². The second-order valence-electron chi connectivity index (χ2n) is 8.28. The maximum atomic E-state index is 12.6. The minimum absolute atomic E-state index is 0.00788. The van der Waals surface area contributed by atoms with Crippen molar-refractivity contribution in [3.63, 3.8) is 0 Å². The molecule has 3 aromatic rings. The van der Waals surface area contributed by atoms with E-state index < -0.39 is 0 Å². The van der Waals surface area contributed by atoms with Crippen LogP contribution in [-0.2, 0) is 9.53 Å². The Bertz CT molecular complexity index is 1070. The minimum atomic E-state index is 0.00788. The topological polar surface area (TPSA) is 103 Å². The van der Waals surface area contributed by atoms with Gasteiger partial charge < -0.3 is 24.2 Å². The number of ether oxygens (including phenoxy) is 2. The zero-order valence-corrected chi connectivity index (χ0v) is 18.1. The fourth-order valence-corrected chi connectivity index (χ4v) is 4.47. The van der Waals surface area contributed by atoms with Gasteiger partial charge >= 0.3 is 0 Å². The summed E-state index contributed by atoms with van der Waals surface area (Å²) in [7, 11) is 1.64. The third kappa shape index (κ3) is 4.12. The number of rotatable bonds is 6. The van der Waals surface area contributed by atoms with Gasteiger partial charge in [0.15, 0.2) is 0 Å². The van der Waals surface area contributed by atoms with Gasteiger partial charge in [0.2, 0.25) is 5.91 Å². The molecule has 2 aliphatic heterocycles. The first-order chi connectivity index (χ1) is 15.7. The Hall–Kier alpha value is -3.20. The van der Waals surface area contributed by atoms with Crippen molar-refractivity contribution in [3.8, 4) is 17.0 Å². The van der Waals surface area contributed by atoms with Gasteiger partial charge in [-0.15, -0.1) is 0 Å². The summed E-state index contributed by atoms with van der Waals surface area (Å²) in [6.45, 7) is 2.87. The molecular formula is C23H27N5O4. The van der Waals surface area contributed by atoms with E-state index >= 15 is 0 Å². The van der Waals surface area contributed by atoms with E-state index in [0.29, 0.717) is 18.0 Å². The average Bonchev–Trinajstić information content (AvgIpc) is 3.53. The van der Waals surface area contributed by atoms with Crippen molar-refractivity contribution in [1.29, 1.82) is 0 Å². The van der Waals surface area contributed by atoms with Gasteiger partial charge in [-0.1, -0.05) is 5.16 Å². The summed E-state index contributed by atoms with van der Waals surface area (Å²) in [5, 5.41) is 8.12.